The molecule has 1 aromatic rings. The number of allylic oxidation sites excluding steroid dienone is 6. The number of hydrogen-bond donors (Lipinski definition) is 2. The van der Waals surface area contributed by atoms with Crippen LogP contribution in [0.1, 0.15) is 31.9 Å². The molecular formula is C20H27N3. The van der Waals surface area contributed by atoms with Crippen LogP contribution in [0.4, 0.5) is 5.69 Å². The molecule has 0 saturated carbocycles. The van der Waals surface area contributed by atoms with Crippen molar-refractivity contribution in [3.05, 3.63) is 64.8 Å². The Bertz CT molecular complexity index is 689. The fraction of sp³-hybridized carbons (Fsp3) is 0.300. The summed E-state index contributed by atoms with van der Waals surface area (Å²) in [5, 5.41) is 10.6. The SMILES string of the molecule is C/C=C1/C=CC(C)=CC1=NC.CNc1ccc(C)cc1C(C)=N. The molecular weight excluding hydrogens is 282 g/mol. The van der Waals surface area contributed by atoms with Gasteiger partial charge >= 0.3 is 0 Å². The van der Waals surface area contributed by atoms with Gasteiger partial charge in [0.1, 0.15) is 0 Å². The molecule has 0 atom stereocenters. The van der Waals surface area contributed by atoms with Gasteiger partial charge in [0.25, 0.3) is 0 Å². The van der Waals surface area contributed by atoms with E-state index in [0.717, 1.165) is 17.0 Å². The molecule has 1 aromatic carbocycles. The van der Waals surface area contributed by atoms with E-state index in [1.807, 2.05) is 46.1 Å². The Morgan fingerprint density at radius 3 is 2.43 bits per heavy atom. The van der Waals surface area contributed by atoms with Crippen LogP contribution in [0.25, 0.3) is 0 Å². The monoisotopic (exact) mass is 309 g/mol. The number of nitrogens with one attached hydrogen (secondary N) is 2. The lowest BCUT2D eigenvalue weighted by atomic mass is 10.0. The normalized spacial score (nSPS) is 16.7. The van der Waals surface area contributed by atoms with Crippen molar-refractivity contribution < 1.29 is 0 Å². The molecule has 0 aliphatic heterocycles. The van der Waals surface area contributed by atoms with Crippen molar-refractivity contribution in [3.8, 4) is 0 Å². The zero-order valence-electron chi connectivity index (χ0n) is 15.0. The molecule has 0 bridgehead atoms. The first-order valence-corrected chi connectivity index (χ1v) is 7.76. The maximum atomic E-state index is 7.54. The van der Waals surface area contributed by atoms with Crippen LogP contribution in [0.2, 0.25) is 0 Å². The average molecular weight is 309 g/mol. The number of anilines is 1. The molecule has 2 rings (SSSR count). The Hall–Kier alpha value is -2.42. The molecule has 3 heteroatoms. The predicted molar refractivity (Wildman–Crippen MR) is 103 cm³/mol. The maximum absolute atomic E-state index is 7.54. The van der Waals surface area contributed by atoms with Gasteiger partial charge in [-0.2, -0.15) is 0 Å². The van der Waals surface area contributed by atoms with Crippen molar-refractivity contribution in [2.24, 2.45) is 4.99 Å². The lowest BCUT2D eigenvalue weighted by Gasteiger charge is -2.08. The summed E-state index contributed by atoms with van der Waals surface area (Å²) in [7, 11) is 3.69. The summed E-state index contributed by atoms with van der Waals surface area (Å²) in [6, 6.07) is 6.06. The second kappa shape index (κ2) is 8.89. The van der Waals surface area contributed by atoms with E-state index in [4.69, 9.17) is 5.41 Å². The topological polar surface area (TPSA) is 48.2 Å². The van der Waals surface area contributed by atoms with E-state index < -0.39 is 0 Å². The van der Waals surface area contributed by atoms with Gasteiger partial charge < -0.3 is 10.7 Å². The maximum Gasteiger partial charge on any atom is 0.0642 e. The van der Waals surface area contributed by atoms with Crippen molar-refractivity contribution in [1.82, 2.24) is 0 Å². The van der Waals surface area contributed by atoms with E-state index in [2.05, 4.69) is 41.5 Å². The third-order valence-electron chi connectivity index (χ3n) is 3.59. The largest absolute Gasteiger partial charge is 0.388 e. The van der Waals surface area contributed by atoms with E-state index in [1.54, 1.807) is 6.92 Å². The Morgan fingerprint density at radius 2 is 1.91 bits per heavy atom. The molecule has 1 aliphatic carbocycles. The first-order chi connectivity index (χ1) is 10.9. The highest BCUT2D eigenvalue weighted by Crippen LogP contribution is 2.16. The molecule has 0 amide bonds. The predicted octanol–water partition coefficient (Wildman–Crippen LogP) is 4.94. The van der Waals surface area contributed by atoms with Crippen LogP contribution < -0.4 is 5.32 Å². The minimum Gasteiger partial charge on any atom is -0.388 e. The zero-order valence-corrected chi connectivity index (χ0v) is 15.0. The van der Waals surface area contributed by atoms with E-state index in [0.29, 0.717) is 5.71 Å². The molecule has 0 radical (unpaired) electrons. The van der Waals surface area contributed by atoms with Crippen molar-refractivity contribution in [2.45, 2.75) is 27.7 Å². The molecule has 23 heavy (non-hydrogen) atoms. The highest BCUT2D eigenvalue weighted by molar-refractivity contribution is 6.11. The van der Waals surface area contributed by atoms with Gasteiger partial charge in [-0.25, -0.2) is 0 Å². The Balaban J connectivity index is 0.000000231. The zero-order chi connectivity index (χ0) is 17.4. The van der Waals surface area contributed by atoms with Gasteiger partial charge in [-0.3, -0.25) is 4.99 Å². The van der Waals surface area contributed by atoms with Crippen LogP contribution in [0.3, 0.4) is 0 Å². The van der Waals surface area contributed by atoms with Crippen molar-refractivity contribution in [1.29, 1.82) is 5.41 Å². The summed E-state index contributed by atoms with van der Waals surface area (Å²) in [5.74, 6) is 0. The number of aliphatic imine (C=N–C) groups is 1. The quantitative estimate of drug-likeness (QED) is 0.747. The van der Waals surface area contributed by atoms with Crippen LogP contribution in [-0.2, 0) is 0 Å². The standard InChI is InChI=1S/C10H14N2.C10H13N/c1-7-4-5-10(12-3)9(6-7)8(2)11;1-4-9-6-5-8(2)7-10(9)11-3/h4-6,11-12H,1-3H3;4-7H,1-3H3/b;9-4-,11-10?. The van der Waals surface area contributed by atoms with E-state index >= 15 is 0 Å². The van der Waals surface area contributed by atoms with Gasteiger partial charge in [0.05, 0.1) is 5.71 Å². The van der Waals surface area contributed by atoms with Crippen LogP contribution in [-0.4, -0.2) is 25.5 Å². The summed E-state index contributed by atoms with van der Waals surface area (Å²) in [6.45, 7) is 7.94. The van der Waals surface area contributed by atoms with Gasteiger partial charge in [0.15, 0.2) is 0 Å². The first-order valence-electron chi connectivity index (χ1n) is 7.76. The van der Waals surface area contributed by atoms with Crippen LogP contribution in [0, 0.1) is 12.3 Å². The molecule has 0 spiro atoms. The summed E-state index contributed by atoms with van der Waals surface area (Å²) < 4.78 is 0. The second-order valence-electron chi connectivity index (χ2n) is 5.50. The average Bonchev–Trinajstić information content (AvgIpc) is 2.55. The van der Waals surface area contributed by atoms with Crippen molar-refractivity contribution in [2.75, 3.05) is 19.4 Å². The molecule has 0 saturated heterocycles. The van der Waals surface area contributed by atoms with Gasteiger partial charge in [-0.15, -0.1) is 0 Å². The number of nitrogens with zero attached hydrogens (tertiary/aromatic N) is 1. The van der Waals surface area contributed by atoms with Crippen LogP contribution in [0.5, 0.6) is 0 Å². The van der Waals surface area contributed by atoms with Crippen molar-refractivity contribution in [3.63, 3.8) is 0 Å². The first kappa shape index (κ1) is 18.6. The number of aryl methyl sites for hydroxylation is 1. The van der Waals surface area contributed by atoms with E-state index in [1.165, 1.54) is 16.7 Å². The summed E-state index contributed by atoms with van der Waals surface area (Å²) in [6.07, 6.45) is 8.36. The Kier molecular flexibility index (Phi) is 7.20. The lowest BCUT2D eigenvalue weighted by Crippen LogP contribution is -2.01. The number of rotatable bonds is 2. The molecule has 1 aliphatic rings. The smallest absolute Gasteiger partial charge is 0.0642 e. The van der Waals surface area contributed by atoms with Crippen LogP contribution in [0.15, 0.2) is 58.6 Å². The fourth-order valence-electron chi connectivity index (χ4n) is 2.28. The third-order valence-corrected chi connectivity index (χ3v) is 3.59. The van der Waals surface area contributed by atoms with Gasteiger partial charge in [0.2, 0.25) is 0 Å². The summed E-state index contributed by atoms with van der Waals surface area (Å²) in [5.41, 5.74) is 7.34. The Morgan fingerprint density at radius 1 is 1.22 bits per heavy atom. The third kappa shape index (κ3) is 5.37. The van der Waals surface area contributed by atoms with Crippen molar-refractivity contribution >= 4 is 17.1 Å². The highest BCUT2D eigenvalue weighted by Gasteiger charge is 2.03. The van der Waals surface area contributed by atoms with E-state index in [-0.39, 0.29) is 0 Å². The van der Waals surface area contributed by atoms with Gasteiger partial charge in [0, 0.05) is 31.1 Å². The number of hydrogen-bond acceptors (Lipinski definition) is 3. The molecule has 3 nitrogen and oxygen atoms in total. The molecule has 122 valence electrons. The minimum atomic E-state index is 0.600. The second-order valence-corrected chi connectivity index (χ2v) is 5.50. The minimum absolute atomic E-state index is 0.600. The molecule has 0 aromatic heterocycles. The molecule has 0 unspecified atom stereocenters. The summed E-state index contributed by atoms with van der Waals surface area (Å²) >= 11 is 0. The van der Waals surface area contributed by atoms with Crippen LogP contribution >= 0.6 is 0 Å². The molecule has 2 N–H and O–H groups in total. The molecule has 0 fully saturated rings. The lowest BCUT2D eigenvalue weighted by molar-refractivity contribution is 1.38. The summed E-state index contributed by atoms with van der Waals surface area (Å²) in [4.78, 5) is 4.17. The number of benzene rings is 1. The fourth-order valence-corrected chi connectivity index (χ4v) is 2.28. The van der Waals surface area contributed by atoms with E-state index in [9.17, 15) is 0 Å². The Labute approximate surface area is 140 Å². The molecule has 0 heterocycles. The van der Waals surface area contributed by atoms with Gasteiger partial charge in [-0.1, -0.05) is 29.9 Å². The van der Waals surface area contributed by atoms with Gasteiger partial charge in [-0.05, 0) is 57.0 Å². The highest BCUT2D eigenvalue weighted by atomic mass is 14.8.